The molecule has 0 aliphatic heterocycles. The maximum Gasteiger partial charge on any atom is 0.321 e. The van der Waals surface area contributed by atoms with Crippen LogP contribution < -0.4 is 4.74 Å². The number of ether oxygens (including phenoxy) is 1. The Morgan fingerprint density at radius 1 is 1.18 bits per heavy atom. The topological polar surface area (TPSA) is 26.3 Å². The predicted octanol–water partition coefficient (Wildman–Crippen LogP) is 3.63. The van der Waals surface area contributed by atoms with Crippen molar-refractivity contribution >= 4 is 17.3 Å². The Morgan fingerprint density at radius 2 is 1.88 bits per heavy atom. The molecule has 1 heterocycles. The Labute approximate surface area is 105 Å². The van der Waals surface area contributed by atoms with E-state index in [1.54, 1.807) is 6.07 Å². The van der Waals surface area contributed by atoms with Crippen LogP contribution in [0.15, 0.2) is 47.2 Å². The molecule has 3 heteroatoms. The first-order chi connectivity index (χ1) is 8.10. The van der Waals surface area contributed by atoms with E-state index in [1.807, 2.05) is 54.9 Å². The van der Waals surface area contributed by atoms with Crippen molar-refractivity contribution in [3.63, 3.8) is 0 Å². The van der Waals surface area contributed by atoms with E-state index in [-0.39, 0.29) is 5.97 Å². The van der Waals surface area contributed by atoms with Crippen LogP contribution in [0.2, 0.25) is 0 Å². The van der Waals surface area contributed by atoms with E-state index in [4.69, 9.17) is 4.74 Å². The molecule has 17 heavy (non-hydrogen) atoms. The van der Waals surface area contributed by atoms with Gasteiger partial charge in [-0.25, -0.2) is 0 Å². The van der Waals surface area contributed by atoms with E-state index in [0.29, 0.717) is 5.75 Å². The van der Waals surface area contributed by atoms with Gasteiger partial charge in [0, 0.05) is 5.38 Å². The Bertz CT molecular complexity index is 486. The van der Waals surface area contributed by atoms with Gasteiger partial charge < -0.3 is 4.74 Å². The second-order valence-corrected chi connectivity index (χ2v) is 5.12. The Balaban J connectivity index is 2.18. The van der Waals surface area contributed by atoms with Crippen LogP contribution in [0.25, 0.3) is 0 Å². The summed E-state index contributed by atoms with van der Waals surface area (Å²) in [5.41, 5.74) is 0.323. The molecule has 2 nitrogen and oxygen atoms in total. The zero-order valence-electron chi connectivity index (χ0n) is 9.84. The van der Waals surface area contributed by atoms with Crippen LogP contribution in [-0.2, 0) is 10.2 Å². The van der Waals surface area contributed by atoms with E-state index in [0.717, 1.165) is 5.56 Å². The third kappa shape index (κ3) is 2.56. The molecule has 0 spiro atoms. The van der Waals surface area contributed by atoms with Gasteiger partial charge in [-0.2, -0.15) is 0 Å². The van der Waals surface area contributed by atoms with Gasteiger partial charge in [-0.05, 0) is 30.9 Å². The molecule has 0 saturated heterocycles. The predicted molar refractivity (Wildman–Crippen MR) is 69.4 cm³/mol. The fourth-order valence-electron chi connectivity index (χ4n) is 1.52. The lowest BCUT2D eigenvalue weighted by Crippen LogP contribution is -2.33. The second-order valence-electron chi connectivity index (χ2n) is 4.34. The number of thiophene rings is 1. The SMILES string of the molecule is CC(C)(C(=O)Oc1ccsc1)c1ccccc1. The van der Waals surface area contributed by atoms with Crippen LogP contribution in [0.5, 0.6) is 5.75 Å². The lowest BCUT2D eigenvalue weighted by atomic mass is 9.85. The third-order valence-electron chi connectivity index (χ3n) is 2.71. The monoisotopic (exact) mass is 246 g/mol. The highest BCUT2D eigenvalue weighted by atomic mass is 32.1. The molecular formula is C14H14O2S. The van der Waals surface area contributed by atoms with Gasteiger partial charge in [-0.1, -0.05) is 30.3 Å². The quantitative estimate of drug-likeness (QED) is 0.773. The van der Waals surface area contributed by atoms with Crippen molar-refractivity contribution in [2.24, 2.45) is 0 Å². The Kier molecular flexibility index (Phi) is 3.29. The van der Waals surface area contributed by atoms with Gasteiger partial charge in [0.2, 0.25) is 0 Å². The normalized spacial score (nSPS) is 11.2. The first kappa shape index (κ1) is 11.9. The summed E-state index contributed by atoms with van der Waals surface area (Å²) in [6, 6.07) is 11.5. The lowest BCUT2D eigenvalue weighted by Gasteiger charge is -2.22. The molecular weight excluding hydrogens is 232 g/mol. The number of esters is 1. The highest BCUT2D eigenvalue weighted by molar-refractivity contribution is 7.08. The zero-order valence-corrected chi connectivity index (χ0v) is 10.7. The van der Waals surface area contributed by atoms with Gasteiger partial charge in [0.1, 0.15) is 5.75 Å². The molecule has 1 aromatic heterocycles. The molecule has 2 aromatic rings. The van der Waals surface area contributed by atoms with E-state index in [9.17, 15) is 4.79 Å². The third-order valence-corrected chi connectivity index (χ3v) is 3.37. The molecule has 0 atom stereocenters. The van der Waals surface area contributed by atoms with E-state index in [1.165, 1.54) is 11.3 Å². The van der Waals surface area contributed by atoms with Crippen molar-refractivity contribution in [2.45, 2.75) is 19.3 Å². The zero-order chi connectivity index (χ0) is 12.3. The maximum atomic E-state index is 12.1. The van der Waals surface area contributed by atoms with E-state index in [2.05, 4.69) is 0 Å². The van der Waals surface area contributed by atoms with Crippen LogP contribution in [0.1, 0.15) is 19.4 Å². The molecule has 0 unspecified atom stereocenters. The second kappa shape index (κ2) is 4.72. The fourth-order valence-corrected chi connectivity index (χ4v) is 2.07. The maximum absolute atomic E-state index is 12.1. The van der Waals surface area contributed by atoms with Crippen molar-refractivity contribution in [2.75, 3.05) is 0 Å². The minimum absolute atomic E-state index is 0.234. The number of benzene rings is 1. The molecule has 0 aliphatic rings. The average Bonchev–Trinajstić information content (AvgIpc) is 2.83. The summed E-state index contributed by atoms with van der Waals surface area (Å²) >= 11 is 1.51. The largest absolute Gasteiger partial charge is 0.425 e. The van der Waals surface area contributed by atoms with E-state index >= 15 is 0 Å². The summed E-state index contributed by atoms with van der Waals surface area (Å²) in [5.74, 6) is 0.381. The summed E-state index contributed by atoms with van der Waals surface area (Å²) in [7, 11) is 0. The smallest absolute Gasteiger partial charge is 0.321 e. The van der Waals surface area contributed by atoms with Gasteiger partial charge in [-0.3, -0.25) is 4.79 Å². The van der Waals surface area contributed by atoms with Crippen LogP contribution in [0.3, 0.4) is 0 Å². The molecule has 0 aliphatic carbocycles. The molecule has 1 aromatic carbocycles. The Hall–Kier alpha value is -1.61. The van der Waals surface area contributed by atoms with Crippen molar-refractivity contribution < 1.29 is 9.53 Å². The number of rotatable bonds is 3. The van der Waals surface area contributed by atoms with Crippen LogP contribution in [0, 0.1) is 0 Å². The molecule has 0 amide bonds. The van der Waals surface area contributed by atoms with Gasteiger partial charge in [0.25, 0.3) is 0 Å². The minimum atomic E-state index is -0.636. The first-order valence-corrected chi connectivity index (χ1v) is 6.35. The average molecular weight is 246 g/mol. The van der Waals surface area contributed by atoms with Gasteiger partial charge in [-0.15, -0.1) is 11.3 Å². The number of carbonyl (C=O) groups is 1. The van der Waals surface area contributed by atoms with Gasteiger partial charge in [0.15, 0.2) is 0 Å². The summed E-state index contributed by atoms with van der Waals surface area (Å²) < 4.78 is 5.35. The van der Waals surface area contributed by atoms with E-state index < -0.39 is 5.41 Å². The summed E-state index contributed by atoms with van der Waals surface area (Å²) in [5, 5.41) is 3.71. The van der Waals surface area contributed by atoms with Gasteiger partial charge in [0.05, 0.1) is 5.41 Å². The molecule has 0 fully saturated rings. The van der Waals surface area contributed by atoms with Crippen molar-refractivity contribution in [1.29, 1.82) is 0 Å². The molecule has 0 saturated carbocycles. The standard InChI is InChI=1S/C14H14O2S/c1-14(2,11-6-4-3-5-7-11)13(15)16-12-8-9-17-10-12/h3-10H,1-2H3. The van der Waals surface area contributed by atoms with Gasteiger partial charge >= 0.3 is 5.97 Å². The molecule has 0 radical (unpaired) electrons. The fraction of sp³-hybridized carbons (Fsp3) is 0.214. The Morgan fingerprint density at radius 3 is 2.47 bits per heavy atom. The van der Waals surface area contributed by atoms with Crippen molar-refractivity contribution in [3.05, 3.63) is 52.7 Å². The van der Waals surface area contributed by atoms with Crippen molar-refractivity contribution in [3.8, 4) is 5.75 Å². The summed E-state index contributed by atoms with van der Waals surface area (Å²) in [4.78, 5) is 12.1. The van der Waals surface area contributed by atoms with Crippen LogP contribution in [0.4, 0.5) is 0 Å². The first-order valence-electron chi connectivity index (χ1n) is 5.41. The number of carbonyl (C=O) groups excluding carboxylic acids is 1. The highest BCUT2D eigenvalue weighted by Crippen LogP contribution is 2.26. The lowest BCUT2D eigenvalue weighted by molar-refractivity contribution is -0.139. The summed E-state index contributed by atoms with van der Waals surface area (Å²) in [6.07, 6.45) is 0. The number of hydrogen-bond acceptors (Lipinski definition) is 3. The van der Waals surface area contributed by atoms with Crippen molar-refractivity contribution in [1.82, 2.24) is 0 Å². The van der Waals surface area contributed by atoms with Crippen LogP contribution >= 0.6 is 11.3 Å². The highest BCUT2D eigenvalue weighted by Gasteiger charge is 2.31. The summed E-state index contributed by atoms with van der Waals surface area (Å²) in [6.45, 7) is 3.74. The molecule has 0 N–H and O–H groups in total. The number of hydrogen-bond donors (Lipinski definition) is 0. The molecule has 0 bridgehead atoms. The molecule has 88 valence electrons. The van der Waals surface area contributed by atoms with Crippen LogP contribution in [-0.4, -0.2) is 5.97 Å². The molecule has 2 rings (SSSR count). The minimum Gasteiger partial charge on any atom is -0.425 e.